The van der Waals surface area contributed by atoms with E-state index in [1.165, 1.54) is 11.1 Å². The topological polar surface area (TPSA) is 128 Å². The summed E-state index contributed by atoms with van der Waals surface area (Å²) in [7, 11) is 0. The van der Waals surface area contributed by atoms with E-state index in [2.05, 4.69) is 15.0 Å². The van der Waals surface area contributed by atoms with E-state index in [-0.39, 0.29) is 36.9 Å². The molecule has 9 nitrogen and oxygen atoms in total. The number of aromatic amines is 1. The number of imidazole rings is 1. The molecular formula is C9H13N5O4. The van der Waals surface area contributed by atoms with Crippen molar-refractivity contribution in [1.29, 1.82) is 0 Å². The molecule has 0 fully saturated rings. The SMILES string of the molecule is Nc1nc2c(ncn2OCCOCCO)c(=O)[nH]1. The predicted molar refractivity (Wildman–Crippen MR) is 61.9 cm³/mol. The van der Waals surface area contributed by atoms with Crippen molar-refractivity contribution in [2.24, 2.45) is 0 Å². The van der Waals surface area contributed by atoms with Gasteiger partial charge in [-0.25, -0.2) is 4.98 Å². The zero-order chi connectivity index (χ0) is 13.0. The van der Waals surface area contributed by atoms with Crippen LogP contribution < -0.4 is 16.1 Å². The maximum atomic E-state index is 11.5. The molecule has 0 aliphatic rings. The molecule has 2 rings (SSSR count). The fraction of sp³-hybridized carbons (Fsp3) is 0.444. The first-order valence-electron chi connectivity index (χ1n) is 5.27. The number of nitrogens with one attached hydrogen (secondary N) is 1. The summed E-state index contributed by atoms with van der Waals surface area (Å²) in [6.45, 7) is 0.749. The Bertz CT molecular complexity index is 578. The van der Waals surface area contributed by atoms with E-state index in [9.17, 15) is 4.79 Å². The van der Waals surface area contributed by atoms with Gasteiger partial charge in [0.1, 0.15) is 12.9 Å². The van der Waals surface area contributed by atoms with Crippen LogP contribution in [-0.2, 0) is 4.74 Å². The normalized spacial score (nSPS) is 10.9. The lowest BCUT2D eigenvalue weighted by atomic mass is 10.5. The number of nitrogens with two attached hydrogens (primary N) is 1. The smallest absolute Gasteiger partial charge is 0.280 e. The van der Waals surface area contributed by atoms with Crippen molar-refractivity contribution >= 4 is 17.1 Å². The van der Waals surface area contributed by atoms with Gasteiger partial charge in [0.15, 0.2) is 5.52 Å². The molecule has 0 atom stereocenters. The Hall–Kier alpha value is -2.13. The zero-order valence-corrected chi connectivity index (χ0v) is 9.50. The second kappa shape index (κ2) is 5.47. The number of H-pyrrole nitrogens is 1. The van der Waals surface area contributed by atoms with Crippen LogP contribution in [0.25, 0.3) is 11.2 Å². The molecule has 98 valence electrons. The van der Waals surface area contributed by atoms with Crippen LogP contribution in [-0.4, -0.2) is 51.2 Å². The fourth-order valence-corrected chi connectivity index (χ4v) is 1.36. The Morgan fingerprint density at radius 2 is 2.28 bits per heavy atom. The summed E-state index contributed by atoms with van der Waals surface area (Å²) in [4.78, 5) is 26.9. The Kier molecular flexibility index (Phi) is 3.75. The van der Waals surface area contributed by atoms with Crippen molar-refractivity contribution in [3.8, 4) is 0 Å². The van der Waals surface area contributed by atoms with Crippen molar-refractivity contribution in [2.75, 3.05) is 32.2 Å². The molecule has 0 saturated heterocycles. The van der Waals surface area contributed by atoms with Crippen LogP contribution in [0.3, 0.4) is 0 Å². The van der Waals surface area contributed by atoms with Crippen LogP contribution in [0.1, 0.15) is 0 Å². The monoisotopic (exact) mass is 255 g/mol. The van der Waals surface area contributed by atoms with Crippen LogP contribution in [0.5, 0.6) is 0 Å². The highest BCUT2D eigenvalue weighted by molar-refractivity contribution is 5.69. The minimum atomic E-state index is -0.420. The first-order chi connectivity index (χ1) is 8.72. The third-order valence-corrected chi connectivity index (χ3v) is 2.09. The van der Waals surface area contributed by atoms with Gasteiger partial charge in [0.2, 0.25) is 11.6 Å². The number of aliphatic hydroxyl groups excluding tert-OH is 1. The summed E-state index contributed by atoms with van der Waals surface area (Å²) >= 11 is 0. The number of hydrogen-bond acceptors (Lipinski definition) is 7. The summed E-state index contributed by atoms with van der Waals surface area (Å²) < 4.78 is 6.27. The third-order valence-electron chi connectivity index (χ3n) is 2.09. The maximum Gasteiger partial charge on any atom is 0.280 e. The lowest BCUT2D eigenvalue weighted by Gasteiger charge is -2.06. The number of nitrogen functional groups attached to an aromatic ring is 1. The molecule has 0 aromatic carbocycles. The van der Waals surface area contributed by atoms with E-state index >= 15 is 0 Å². The highest BCUT2D eigenvalue weighted by Gasteiger charge is 2.09. The Balaban J connectivity index is 2.07. The molecule has 2 heterocycles. The van der Waals surface area contributed by atoms with Gasteiger partial charge < -0.3 is 20.4 Å². The van der Waals surface area contributed by atoms with E-state index in [0.29, 0.717) is 6.61 Å². The Morgan fingerprint density at radius 3 is 3.06 bits per heavy atom. The number of aromatic nitrogens is 4. The van der Waals surface area contributed by atoms with Crippen LogP contribution in [0.4, 0.5) is 5.95 Å². The number of hydrogen-bond donors (Lipinski definition) is 3. The number of fused-ring (bicyclic) bond motifs is 1. The molecule has 18 heavy (non-hydrogen) atoms. The molecule has 2 aromatic rings. The summed E-state index contributed by atoms with van der Waals surface area (Å²) in [5.74, 6) is -0.00520. The summed E-state index contributed by atoms with van der Waals surface area (Å²) in [6, 6.07) is 0. The van der Waals surface area contributed by atoms with Gasteiger partial charge in [-0.1, -0.05) is 0 Å². The van der Waals surface area contributed by atoms with E-state index in [0.717, 1.165) is 0 Å². The van der Waals surface area contributed by atoms with Crippen LogP contribution in [0.15, 0.2) is 11.1 Å². The molecule has 0 aliphatic heterocycles. The van der Waals surface area contributed by atoms with Crippen molar-refractivity contribution in [3.05, 3.63) is 16.7 Å². The van der Waals surface area contributed by atoms with Gasteiger partial charge in [0.05, 0.1) is 19.8 Å². The Labute approximate surface area is 101 Å². The van der Waals surface area contributed by atoms with Gasteiger partial charge in [0, 0.05) is 0 Å². The van der Waals surface area contributed by atoms with Crippen LogP contribution in [0, 0.1) is 0 Å². The number of aliphatic hydroxyl groups is 1. The molecule has 0 aliphatic carbocycles. The van der Waals surface area contributed by atoms with Gasteiger partial charge >= 0.3 is 0 Å². The van der Waals surface area contributed by atoms with Crippen molar-refractivity contribution in [2.45, 2.75) is 0 Å². The summed E-state index contributed by atoms with van der Waals surface area (Å²) in [5.41, 5.74) is 5.41. The molecule has 0 saturated carbocycles. The molecular weight excluding hydrogens is 242 g/mol. The Morgan fingerprint density at radius 1 is 1.44 bits per heavy atom. The highest BCUT2D eigenvalue weighted by atomic mass is 16.7. The molecule has 0 radical (unpaired) electrons. The second-order valence-electron chi connectivity index (χ2n) is 3.36. The van der Waals surface area contributed by atoms with Gasteiger partial charge in [-0.3, -0.25) is 9.78 Å². The van der Waals surface area contributed by atoms with Crippen LogP contribution in [0.2, 0.25) is 0 Å². The first-order valence-corrected chi connectivity index (χ1v) is 5.27. The minimum absolute atomic E-state index is 0.00520. The highest BCUT2D eigenvalue weighted by Crippen LogP contribution is 2.03. The predicted octanol–water partition coefficient (Wildman–Crippen LogP) is -1.86. The molecule has 2 aromatic heterocycles. The molecule has 0 amide bonds. The number of nitrogens with zero attached hydrogens (tertiary/aromatic N) is 3. The summed E-state index contributed by atoms with van der Waals surface area (Å²) in [6.07, 6.45) is 1.33. The standard InChI is InChI=1S/C9H13N5O4/c10-9-12-7-6(8(16)13-9)11-5-14(7)18-4-3-17-2-1-15/h5,15H,1-4H2,(H3,10,12,13,16). The molecule has 0 unspecified atom stereocenters. The van der Waals surface area contributed by atoms with E-state index in [4.69, 9.17) is 20.4 Å². The fourth-order valence-electron chi connectivity index (χ4n) is 1.36. The van der Waals surface area contributed by atoms with Gasteiger partial charge in [-0.2, -0.15) is 9.71 Å². The van der Waals surface area contributed by atoms with E-state index in [1.54, 1.807) is 0 Å². The quantitative estimate of drug-likeness (QED) is 0.516. The number of rotatable bonds is 6. The average Bonchev–Trinajstić information content (AvgIpc) is 2.72. The first kappa shape index (κ1) is 12.3. The maximum absolute atomic E-state index is 11.5. The van der Waals surface area contributed by atoms with Gasteiger partial charge in [-0.15, -0.1) is 0 Å². The third kappa shape index (κ3) is 2.57. The number of anilines is 1. The van der Waals surface area contributed by atoms with Crippen molar-refractivity contribution in [3.63, 3.8) is 0 Å². The molecule has 0 spiro atoms. The largest absolute Gasteiger partial charge is 0.408 e. The lowest BCUT2D eigenvalue weighted by Crippen LogP contribution is -2.19. The van der Waals surface area contributed by atoms with Crippen molar-refractivity contribution in [1.82, 2.24) is 19.7 Å². The molecule has 4 N–H and O–H groups in total. The van der Waals surface area contributed by atoms with Gasteiger partial charge in [0.25, 0.3) is 5.56 Å². The minimum Gasteiger partial charge on any atom is -0.408 e. The molecule has 9 heteroatoms. The average molecular weight is 255 g/mol. The van der Waals surface area contributed by atoms with Gasteiger partial charge in [-0.05, 0) is 0 Å². The zero-order valence-electron chi connectivity index (χ0n) is 9.50. The van der Waals surface area contributed by atoms with E-state index in [1.807, 2.05) is 0 Å². The lowest BCUT2D eigenvalue weighted by molar-refractivity contribution is 0.0289. The molecule has 0 bridgehead atoms. The van der Waals surface area contributed by atoms with E-state index < -0.39 is 5.56 Å². The van der Waals surface area contributed by atoms with Crippen molar-refractivity contribution < 1.29 is 14.7 Å². The second-order valence-corrected chi connectivity index (χ2v) is 3.36. The van der Waals surface area contributed by atoms with Crippen LogP contribution >= 0.6 is 0 Å². The number of ether oxygens (including phenoxy) is 1. The summed E-state index contributed by atoms with van der Waals surface area (Å²) in [5, 5.41) is 8.51.